The zero-order valence-corrected chi connectivity index (χ0v) is 19.4. The van der Waals surface area contributed by atoms with Crippen molar-refractivity contribution in [2.24, 2.45) is 4.99 Å². The van der Waals surface area contributed by atoms with Crippen molar-refractivity contribution in [3.05, 3.63) is 59.9 Å². The minimum atomic E-state index is -0.298. The molecule has 3 N–H and O–H groups in total. The fourth-order valence-corrected chi connectivity index (χ4v) is 2.45. The van der Waals surface area contributed by atoms with Crippen molar-refractivity contribution in [3.63, 3.8) is 0 Å². The number of likely N-dealkylation sites (N-methyl/N-ethyl adjacent to an activating group) is 1. The second-order valence-electron chi connectivity index (χ2n) is 6.26. The summed E-state index contributed by atoms with van der Waals surface area (Å²) < 4.78 is 18.5. The topological polar surface area (TPSA) is 86.2 Å². The van der Waals surface area contributed by atoms with E-state index in [0.29, 0.717) is 50.1 Å². The van der Waals surface area contributed by atoms with E-state index in [1.54, 1.807) is 24.3 Å². The van der Waals surface area contributed by atoms with Crippen LogP contribution in [-0.2, 0) is 0 Å². The van der Waals surface area contributed by atoms with Crippen molar-refractivity contribution < 1.29 is 19.0 Å². The van der Waals surface area contributed by atoms with Crippen molar-refractivity contribution >= 4 is 35.8 Å². The average molecular weight is 530 g/mol. The lowest BCUT2D eigenvalue weighted by Gasteiger charge is -2.22. The van der Waals surface area contributed by atoms with Crippen LogP contribution in [0.5, 0.6) is 11.5 Å². The lowest BCUT2D eigenvalue weighted by molar-refractivity contribution is 0.0955. The number of benzene rings is 2. The molecule has 0 aromatic heterocycles. The van der Waals surface area contributed by atoms with Crippen molar-refractivity contribution in [3.8, 4) is 11.5 Å². The van der Waals surface area contributed by atoms with E-state index in [0.717, 1.165) is 0 Å². The Labute approximate surface area is 193 Å². The molecule has 0 aliphatic carbocycles. The predicted molar refractivity (Wildman–Crippen MR) is 126 cm³/mol. The van der Waals surface area contributed by atoms with Gasteiger partial charge in [-0.15, -0.1) is 24.0 Å². The van der Waals surface area contributed by atoms with Crippen LogP contribution in [0.4, 0.5) is 4.39 Å². The lowest BCUT2D eigenvalue weighted by Crippen LogP contribution is -2.41. The summed E-state index contributed by atoms with van der Waals surface area (Å²) in [6, 6.07) is 12.0. The van der Waals surface area contributed by atoms with Crippen LogP contribution in [0.1, 0.15) is 17.3 Å². The highest BCUT2D eigenvalue weighted by Gasteiger charge is 2.07. The van der Waals surface area contributed by atoms with E-state index in [9.17, 15) is 14.3 Å². The summed E-state index contributed by atoms with van der Waals surface area (Å²) in [5.74, 6) is 0.917. The van der Waals surface area contributed by atoms with E-state index < -0.39 is 0 Å². The van der Waals surface area contributed by atoms with Gasteiger partial charge in [-0.05, 0) is 55.5 Å². The summed E-state index contributed by atoms with van der Waals surface area (Å²) >= 11 is 0. The zero-order chi connectivity index (χ0) is 21.1. The molecular formula is C21H28FIN4O3. The normalized spacial score (nSPS) is 10.7. The highest BCUT2D eigenvalue weighted by atomic mass is 127. The van der Waals surface area contributed by atoms with Gasteiger partial charge >= 0.3 is 0 Å². The number of carbonyl (C=O) groups is 1. The summed E-state index contributed by atoms with van der Waals surface area (Å²) in [6.45, 7) is 4.49. The van der Waals surface area contributed by atoms with Gasteiger partial charge in [-0.25, -0.2) is 4.39 Å². The third-order valence-corrected chi connectivity index (χ3v) is 3.99. The predicted octanol–water partition coefficient (Wildman–Crippen LogP) is 2.86. The van der Waals surface area contributed by atoms with Gasteiger partial charge in [-0.1, -0.05) is 0 Å². The number of hydrogen-bond donors (Lipinski definition) is 3. The van der Waals surface area contributed by atoms with E-state index in [4.69, 9.17) is 4.74 Å². The number of carbonyl (C=O) groups excluding carboxylic acids is 1. The molecule has 2 aromatic carbocycles. The second-order valence-corrected chi connectivity index (χ2v) is 6.26. The molecule has 0 aliphatic heterocycles. The van der Waals surface area contributed by atoms with Crippen LogP contribution < -0.4 is 15.4 Å². The van der Waals surface area contributed by atoms with Crippen LogP contribution in [0.25, 0.3) is 0 Å². The van der Waals surface area contributed by atoms with Gasteiger partial charge in [0.2, 0.25) is 0 Å². The fraction of sp³-hybridized carbons (Fsp3) is 0.333. The van der Waals surface area contributed by atoms with Crippen molar-refractivity contribution in [2.45, 2.75) is 6.92 Å². The molecule has 0 aliphatic rings. The molecule has 2 rings (SSSR count). The molecule has 0 spiro atoms. The van der Waals surface area contributed by atoms with E-state index in [2.05, 4.69) is 15.6 Å². The van der Waals surface area contributed by atoms with Gasteiger partial charge in [-0.3, -0.25) is 9.79 Å². The summed E-state index contributed by atoms with van der Waals surface area (Å²) in [5, 5.41) is 15.3. The molecule has 164 valence electrons. The third-order valence-electron chi connectivity index (χ3n) is 3.99. The Morgan fingerprint density at radius 3 is 2.43 bits per heavy atom. The van der Waals surface area contributed by atoms with Gasteiger partial charge < -0.3 is 25.4 Å². The van der Waals surface area contributed by atoms with Crippen LogP contribution in [0.2, 0.25) is 0 Å². The molecule has 0 bridgehead atoms. The number of halogens is 2. The summed E-state index contributed by atoms with van der Waals surface area (Å²) in [7, 11) is 1.89. The SMILES string of the molecule is CCNC(=NCCNC(=O)c1ccc(O)cc1)N(C)CCOc1ccc(F)cc1.I. The highest BCUT2D eigenvalue weighted by molar-refractivity contribution is 14.0. The fourth-order valence-electron chi connectivity index (χ4n) is 2.45. The average Bonchev–Trinajstić information content (AvgIpc) is 2.72. The Bertz CT molecular complexity index is 801. The first-order chi connectivity index (χ1) is 14.0. The largest absolute Gasteiger partial charge is 0.508 e. The monoisotopic (exact) mass is 530 g/mol. The molecule has 0 unspecified atom stereocenters. The van der Waals surface area contributed by atoms with E-state index in [-0.39, 0.29) is 41.5 Å². The first-order valence-electron chi connectivity index (χ1n) is 9.44. The molecule has 1 amide bonds. The molecular weight excluding hydrogens is 502 g/mol. The van der Waals surface area contributed by atoms with Gasteiger partial charge in [-0.2, -0.15) is 0 Å². The van der Waals surface area contributed by atoms with Gasteiger partial charge in [0, 0.05) is 25.7 Å². The van der Waals surface area contributed by atoms with Crippen LogP contribution in [-0.4, -0.2) is 61.7 Å². The number of aliphatic imine (C=N–C) groups is 1. The van der Waals surface area contributed by atoms with Crippen molar-refractivity contribution in [1.29, 1.82) is 0 Å². The van der Waals surface area contributed by atoms with Crippen LogP contribution in [0, 0.1) is 5.82 Å². The summed E-state index contributed by atoms with van der Waals surface area (Å²) in [5.41, 5.74) is 0.480. The third kappa shape index (κ3) is 8.85. The van der Waals surface area contributed by atoms with Gasteiger partial charge in [0.1, 0.15) is 23.9 Å². The number of ether oxygens (including phenoxy) is 1. The minimum Gasteiger partial charge on any atom is -0.508 e. The van der Waals surface area contributed by atoms with E-state index in [1.807, 2.05) is 18.9 Å². The van der Waals surface area contributed by atoms with Gasteiger partial charge in [0.05, 0.1) is 13.1 Å². The maximum atomic E-state index is 12.9. The molecule has 0 atom stereocenters. The van der Waals surface area contributed by atoms with Crippen molar-refractivity contribution in [2.75, 3.05) is 39.8 Å². The Morgan fingerprint density at radius 1 is 1.13 bits per heavy atom. The van der Waals surface area contributed by atoms with Crippen LogP contribution in [0.15, 0.2) is 53.5 Å². The quantitative estimate of drug-likeness (QED) is 0.201. The van der Waals surface area contributed by atoms with E-state index >= 15 is 0 Å². The standard InChI is InChI=1S/C21H27FN4O3.HI/c1-3-23-21(26(2)14-15-29-19-10-6-17(22)7-11-19)25-13-12-24-20(28)16-4-8-18(27)9-5-16;/h4-11,27H,3,12-15H2,1-2H3,(H,23,25)(H,24,28);1H. The van der Waals surface area contributed by atoms with E-state index in [1.165, 1.54) is 24.3 Å². The number of phenolic OH excluding ortho intramolecular Hbond substituents is 1. The molecule has 0 saturated carbocycles. The number of nitrogens with one attached hydrogen (secondary N) is 2. The number of phenols is 1. The molecule has 30 heavy (non-hydrogen) atoms. The first kappa shape index (κ1) is 25.5. The molecule has 0 saturated heterocycles. The smallest absolute Gasteiger partial charge is 0.251 e. The molecule has 7 nitrogen and oxygen atoms in total. The number of hydrogen-bond acceptors (Lipinski definition) is 4. The summed E-state index contributed by atoms with van der Waals surface area (Å²) in [6.07, 6.45) is 0. The molecule has 0 radical (unpaired) electrons. The number of nitrogens with zero attached hydrogens (tertiary/aromatic N) is 2. The molecule has 0 heterocycles. The number of amides is 1. The maximum absolute atomic E-state index is 12.9. The van der Waals surface area contributed by atoms with Gasteiger partial charge in [0.25, 0.3) is 5.91 Å². The lowest BCUT2D eigenvalue weighted by atomic mass is 10.2. The Kier molecular flexibility index (Phi) is 11.6. The minimum absolute atomic E-state index is 0. The second kappa shape index (κ2) is 13.6. The molecule has 2 aromatic rings. The van der Waals surface area contributed by atoms with Crippen LogP contribution >= 0.6 is 24.0 Å². The Hall–Kier alpha value is -2.56. The first-order valence-corrected chi connectivity index (χ1v) is 9.44. The maximum Gasteiger partial charge on any atom is 0.251 e. The summed E-state index contributed by atoms with van der Waals surface area (Å²) in [4.78, 5) is 18.5. The van der Waals surface area contributed by atoms with Crippen molar-refractivity contribution in [1.82, 2.24) is 15.5 Å². The number of aromatic hydroxyl groups is 1. The number of rotatable bonds is 9. The Morgan fingerprint density at radius 2 is 1.80 bits per heavy atom. The highest BCUT2D eigenvalue weighted by Crippen LogP contribution is 2.11. The molecule has 9 heteroatoms. The molecule has 0 fully saturated rings. The van der Waals surface area contributed by atoms with Gasteiger partial charge in [0.15, 0.2) is 5.96 Å². The van der Waals surface area contributed by atoms with Crippen LogP contribution in [0.3, 0.4) is 0 Å². The Balaban J connectivity index is 0.00000450. The zero-order valence-electron chi connectivity index (χ0n) is 17.1. The number of guanidine groups is 1.